The van der Waals surface area contributed by atoms with Crippen LogP contribution < -0.4 is 4.90 Å². The number of rotatable bonds is 5. The summed E-state index contributed by atoms with van der Waals surface area (Å²) in [5.41, 5.74) is 16.9. The van der Waals surface area contributed by atoms with E-state index in [0.29, 0.717) is 0 Å². The Bertz CT molecular complexity index is 3830. The number of hydrogen-bond donors (Lipinski definition) is 0. The number of hydrogen-bond acceptors (Lipinski definition) is 4. The summed E-state index contributed by atoms with van der Waals surface area (Å²) in [5.74, 6) is 0. The molecular formula is C61H37NOS2. The van der Waals surface area contributed by atoms with Crippen LogP contribution in [0.3, 0.4) is 0 Å². The van der Waals surface area contributed by atoms with E-state index in [-0.39, 0.29) is 0 Å². The SMILES string of the molecule is c1ccc(-c2ccc(N(c3cc(-c4cccc5c4oc4ccccc45)c4c(c3)C3(c5ccccc5S4)c4ccccc4-c4ccccc43)c3cccc4c3sc3ccccc34)cc2)cc1. The number of fused-ring (bicyclic) bond motifs is 15. The van der Waals surface area contributed by atoms with Gasteiger partial charge in [0.05, 0.1) is 15.8 Å². The molecule has 1 aliphatic carbocycles. The third-order valence-corrected chi connectivity index (χ3v) is 16.2. The molecule has 2 nitrogen and oxygen atoms in total. The summed E-state index contributed by atoms with van der Waals surface area (Å²) in [7, 11) is 0. The number of thiophene rings is 1. The Kier molecular flexibility index (Phi) is 8.04. The van der Waals surface area contributed by atoms with Crippen LogP contribution in [0, 0.1) is 0 Å². The van der Waals surface area contributed by atoms with Gasteiger partial charge >= 0.3 is 0 Å². The Balaban J connectivity index is 1.13. The molecule has 0 fully saturated rings. The summed E-state index contributed by atoms with van der Waals surface area (Å²) < 4.78 is 9.46. The van der Waals surface area contributed by atoms with Gasteiger partial charge in [-0.15, -0.1) is 11.3 Å². The first-order chi connectivity index (χ1) is 32.2. The zero-order chi connectivity index (χ0) is 42.6. The Labute approximate surface area is 384 Å². The van der Waals surface area contributed by atoms with Crippen LogP contribution in [0.4, 0.5) is 17.1 Å². The molecule has 3 heterocycles. The number of para-hydroxylation sites is 2. The minimum atomic E-state index is -0.594. The molecule has 0 saturated carbocycles. The van der Waals surface area contributed by atoms with Gasteiger partial charge in [-0.2, -0.15) is 0 Å². The van der Waals surface area contributed by atoms with Crippen LogP contribution in [0.25, 0.3) is 75.5 Å². The first-order valence-corrected chi connectivity index (χ1v) is 23.8. The molecule has 0 N–H and O–H groups in total. The van der Waals surface area contributed by atoms with Crippen LogP contribution in [0.15, 0.2) is 239 Å². The molecule has 1 spiro atoms. The van der Waals surface area contributed by atoms with Crippen molar-refractivity contribution in [1.29, 1.82) is 0 Å². The van der Waals surface area contributed by atoms with E-state index in [9.17, 15) is 0 Å². The summed E-state index contributed by atoms with van der Waals surface area (Å²) in [6.45, 7) is 0. The van der Waals surface area contributed by atoms with E-state index >= 15 is 0 Å². The monoisotopic (exact) mass is 863 g/mol. The lowest BCUT2D eigenvalue weighted by atomic mass is 9.66. The summed E-state index contributed by atoms with van der Waals surface area (Å²) in [5, 5.41) is 4.79. The van der Waals surface area contributed by atoms with Gasteiger partial charge in [0, 0.05) is 58.5 Å². The highest BCUT2D eigenvalue weighted by molar-refractivity contribution is 7.99. The molecule has 0 bridgehead atoms. The van der Waals surface area contributed by atoms with Crippen molar-refractivity contribution in [3.8, 4) is 33.4 Å². The van der Waals surface area contributed by atoms with E-state index in [0.717, 1.165) is 50.1 Å². The number of anilines is 3. The minimum Gasteiger partial charge on any atom is -0.455 e. The molecule has 14 rings (SSSR count). The van der Waals surface area contributed by atoms with Gasteiger partial charge in [-0.05, 0) is 93.0 Å². The molecule has 4 heteroatoms. The van der Waals surface area contributed by atoms with Crippen LogP contribution >= 0.6 is 23.1 Å². The molecule has 12 aromatic rings. The summed E-state index contributed by atoms with van der Waals surface area (Å²) in [6.07, 6.45) is 0. The lowest BCUT2D eigenvalue weighted by Gasteiger charge is -2.41. The maximum absolute atomic E-state index is 6.92. The van der Waals surface area contributed by atoms with Crippen molar-refractivity contribution in [3.63, 3.8) is 0 Å². The fraction of sp³-hybridized carbons (Fsp3) is 0.0164. The van der Waals surface area contributed by atoms with E-state index in [4.69, 9.17) is 4.42 Å². The third kappa shape index (κ3) is 5.30. The molecule has 1 aliphatic heterocycles. The van der Waals surface area contributed by atoms with Crippen LogP contribution in [0.1, 0.15) is 22.3 Å². The van der Waals surface area contributed by atoms with Gasteiger partial charge in [-0.25, -0.2) is 0 Å². The molecule has 10 aromatic carbocycles. The molecule has 0 radical (unpaired) electrons. The highest BCUT2D eigenvalue weighted by Gasteiger charge is 2.51. The van der Waals surface area contributed by atoms with E-state index in [1.807, 2.05) is 23.1 Å². The zero-order valence-corrected chi connectivity index (χ0v) is 36.7. The van der Waals surface area contributed by atoms with Crippen LogP contribution in [-0.4, -0.2) is 0 Å². The second-order valence-corrected chi connectivity index (χ2v) is 19.2. The van der Waals surface area contributed by atoms with Crippen LogP contribution in [0.2, 0.25) is 0 Å². The number of nitrogens with zero attached hydrogens (tertiary/aromatic N) is 1. The Morgan fingerprint density at radius 3 is 1.83 bits per heavy atom. The van der Waals surface area contributed by atoms with Gasteiger partial charge in [0.2, 0.25) is 0 Å². The molecule has 304 valence electrons. The second kappa shape index (κ2) is 14.2. The average Bonchev–Trinajstić information content (AvgIpc) is 4.04. The predicted molar refractivity (Wildman–Crippen MR) is 274 cm³/mol. The lowest BCUT2D eigenvalue weighted by molar-refractivity contribution is 0.669. The largest absolute Gasteiger partial charge is 0.455 e. The van der Waals surface area contributed by atoms with Crippen molar-refractivity contribution in [3.05, 3.63) is 247 Å². The van der Waals surface area contributed by atoms with E-state index in [1.54, 1.807) is 0 Å². The normalized spacial score (nSPS) is 13.3. The van der Waals surface area contributed by atoms with Gasteiger partial charge in [-0.3, -0.25) is 0 Å². The molecule has 0 atom stereocenters. The molecule has 2 aliphatic rings. The Morgan fingerprint density at radius 1 is 0.400 bits per heavy atom. The summed E-state index contributed by atoms with van der Waals surface area (Å²) in [4.78, 5) is 5.02. The summed E-state index contributed by atoms with van der Waals surface area (Å²) >= 11 is 3.76. The number of benzene rings is 10. The molecule has 0 amide bonds. The van der Waals surface area contributed by atoms with Crippen molar-refractivity contribution in [2.24, 2.45) is 0 Å². The highest BCUT2D eigenvalue weighted by Crippen LogP contribution is 2.64. The molecule has 65 heavy (non-hydrogen) atoms. The lowest BCUT2D eigenvalue weighted by Crippen LogP contribution is -2.32. The van der Waals surface area contributed by atoms with Gasteiger partial charge in [0.25, 0.3) is 0 Å². The first kappa shape index (κ1) is 36.8. The van der Waals surface area contributed by atoms with E-state index in [2.05, 4.69) is 229 Å². The third-order valence-electron chi connectivity index (χ3n) is 13.7. The van der Waals surface area contributed by atoms with Crippen molar-refractivity contribution < 1.29 is 4.42 Å². The maximum atomic E-state index is 6.92. The zero-order valence-electron chi connectivity index (χ0n) is 35.0. The predicted octanol–water partition coefficient (Wildman–Crippen LogP) is 17.6. The van der Waals surface area contributed by atoms with Gasteiger partial charge in [0.1, 0.15) is 11.2 Å². The van der Waals surface area contributed by atoms with Gasteiger partial charge in [0.15, 0.2) is 0 Å². The van der Waals surface area contributed by atoms with Gasteiger partial charge in [-0.1, -0.05) is 188 Å². The topological polar surface area (TPSA) is 16.4 Å². The molecular weight excluding hydrogens is 827 g/mol. The second-order valence-electron chi connectivity index (χ2n) is 17.1. The minimum absolute atomic E-state index is 0.594. The molecule has 0 unspecified atom stereocenters. The fourth-order valence-corrected chi connectivity index (χ4v) is 13.5. The van der Waals surface area contributed by atoms with Crippen LogP contribution in [-0.2, 0) is 5.41 Å². The Hall–Kier alpha value is -7.63. The first-order valence-electron chi connectivity index (χ1n) is 22.2. The quantitative estimate of drug-likeness (QED) is 0.172. The average molecular weight is 864 g/mol. The molecule has 2 aromatic heterocycles. The molecule has 0 saturated heterocycles. The van der Waals surface area contributed by atoms with Crippen LogP contribution in [0.5, 0.6) is 0 Å². The van der Waals surface area contributed by atoms with Gasteiger partial charge < -0.3 is 9.32 Å². The van der Waals surface area contributed by atoms with Crippen molar-refractivity contribution in [2.75, 3.05) is 4.90 Å². The highest BCUT2D eigenvalue weighted by atomic mass is 32.2. The van der Waals surface area contributed by atoms with E-state index in [1.165, 1.54) is 74.5 Å². The number of furan rings is 1. The fourth-order valence-electron chi connectivity index (χ4n) is 11.0. The van der Waals surface area contributed by atoms with E-state index < -0.39 is 5.41 Å². The smallest absolute Gasteiger partial charge is 0.143 e. The Morgan fingerprint density at radius 2 is 1.02 bits per heavy atom. The standard InChI is InChI=1S/C61H37NOS2/c1-2-16-38(17-3-1)39-32-34-40(35-33-39)62(54-28-15-24-48-45-21-7-12-30-56(45)64-60(48)54)41-36-49(47-23-14-22-46-44-20-6-11-29-55(44)63-58(46)47)59-53(37-41)61(52-27-10-13-31-57(52)65-59)50-25-8-4-18-42(50)43-19-5-9-26-51(43)61/h1-37H. The summed E-state index contributed by atoms with van der Waals surface area (Å²) in [6, 6.07) is 82.8. The maximum Gasteiger partial charge on any atom is 0.143 e. The van der Waals surface area contributed by atoms with Crippen molar-refractivity contribution in [2.45, 2.75) is 15.2 Å². The van der Waals surface area contributed by atoms with Crippen molar-refractivity contribution in [1.82, 2.24) is 0 Å². The van der Waals surface area contributed by atoms with Crippen molar-refractivity contribution >= 4 is 82.3 Å².